The molecule has 33 heavy (non-hydrogen) atoms. The number of likely N-dealkylation sites (tertiary alicyclic amines) is 1. The van der Waals surface area contributed by atoms with Crippen molar-refractivity contribution in [2.24, 2.45) is 5.92 Å². The van der Waals surface area contributed by atoms with Crippen LogP contribution >= 0.6 is 11.6 Å². The predicted molar refractivity (Wildman–Crippen MR) is 130 cm³/mol. The first-order valence-corrected chi connectivity index (χ1v) is 11.7. The number of aromatic nitrogens is 2. The molecule has 1 aromatic heterocycles. The van der Waals surface area contributed by atoms with Crippen LogP contribution in [0.25, 0.3) is 11.3 Å². The number of carbonyl (C=O) groups is 2. The van der Waals surface area contributed by atoms with Gasteiger partial charge in [-0.15, -0.1) is 0 Å². The Morgan fingerprint density at radius 2 is 1.70 bits per heavy atom. The number of hydrogen-bond donors (Lipinski definition) is 0. The molecule has 4 rings (SSSR count). The van der Waals surface area contributed by atoms with Crippen LogP contribution in [-0.4, -0.2) is 51.5 Å². The number of benzene rings is 2. The molecule has 0 unspecified atom stereocenters. The number of amides is 2. The van der Waals surface area contributed by atoms with Crippen LogP contribution in [0.1, 0.15) is 30.9 Å². The second kappa shape index (κ2) is 10.2. The van der Waals surface area contributed by atoms with Gasteiger partial charge in [-0.1, -0.05) is 60.1 Å². The van der Waals surface area contributed by atoms with Crippen LogP contribution in [0.2, 0.25) is 5.02 Å². The highest BCUT2D eigenvalue weighted by molar-refractivity contribution is 6.31. The third-order valence-electron chi connectivity index (χ3n) is 6.25. The van der Waals surface area contributed by atoms with Crippen LogP contribution < -0.4 is 0 Å². The summed E-state index contributed by atoms with van der Waals surface area (Å²) >= 11 is 6.36. The van der Waals surface area contributed by atoms with Crippen molar-refractivity contribution in [3.05, 3.63) is 76.9 Å². The van der Waals surface area contributed by atoms with E-state index in [0.717, 1.165) is 22.4 Å². The highest BCUT2D eigenvalue weighted by atomic mass is 35.5. The zero-order chi connectivity index (χ0) is 23.4. The molecule has 0 radical (unpaired) electrons. The van der Waals surface area contributed by atoms with Crippen molar-refractivity contribution < 1.29 is 9.59 Å². The molecule has 7 heteroatoms. The summed E-state index contributed by atoms with van der Waals surface area (Å²) in [4.78, 5) is 28.3. The Labute approximate surface area is 199 Å². The molecule has 1 aliphatic heterocycles. The molecule has 6 nitrogen and oxygen atoms in total. The van der Waals surface area contributed by atoms with Crippen LogP contribution in [0, 0.1) is 5.92 Å². The van der Waals surface area contributed by atoms with Crippen molar-refractivity contribution in [3.8, 4) is 11.3 Å². The largest absolute Gasteiger partial charge is 0.343 e. The van der Waals surface area contributed by atoms with E-state index in [9.17, 15) is 9.59 Å². The molecule has 172 valence electrons. The summed E-state index contributed by atoms with van der Waals surface area (Å²) in [5.41, 5.74) is 3.87. The number of rotatable bonds is 6. The second-order valence-corrected chi connectivity index (χ2v) is 9.04. The molecule has 1 aliphatic rings. The molecule has 3 aromatic rings. The smallest absolute Gasteiger partial charge is 0.225 e. The minimum atomic E-state index is -0.0519. The van der Waals surface area contributed by atoms with Gasteiger partial charge in [0.05, 0.1) is 12.2 Å². The van der Waals surface area contributed by atoms with Crippen molar-refractivity contribution in [1.29, 1.82) is 0 Å². The maximum Gasteiger partial charge on any atom is 0.225 e. The minimum absolute atomic E-state index is 0.0519. The van der Waals surface area contributed by atoms with Gasteiger partial charge in [0, 0.05) is 61.9 Å². The monoisotopic (exact) mass is 464 g/mol. The molecule has 0 saturated carbocycles. The number of hydrogen-bond acceptors (Lipinski definition) is 3. The highest BCUT2D eigenvalue weighted by Gasteiger charge is 2.28. The molecule has 0 N–H and O–H groups in total. The van der Waals surface area contributed by atoms with Crippen LogP contribution in [-0.2, 0) is 22.7 Å². The molecule has 0 atom stereocenters. The summed E-state index contributed by atoms with van der Waals surface area (Å²) in [7, 11) is 1.85. The first kappa shape index (κ1) is 23.1. The Bertz CT molecular complexity index is 1120. The Balaban J connectivity index is 1.53. The second-order valence-electron chi connectivity index (χ2n) is 8.63. The van der Waals surface area contributed by atoms with Gasteiger partial charge in [-0.2, -0.15) is 5.10 Å². The van der Waals surface area contributed by atoms with Crippen LogP contribution in [0.3, 0.4) is 0 Å². The standard InChI is InChI=1S/C26H29ClN4O2/c1-19(32)30-14-12-21(13-15-30)26(33)29(2)16-23-18-31(17-22-10-6-7-11-24(22)27)28-25(23)20-8-4-3-5-9-20/h3-11,18,21H,12-17H2,1-2H3. The van der Waals surface area contributed by atoms with Gasteiger partial charge in [-0.25, -0.2) is 0 Å². The average molecular weight is 465 g/mol. The van der Waals surface area contributed by atoms with Crippen molar-refractivity contribution in [2.75, 3.05) is 20.1 Å². The molecule has 0 bridgehead atoms. The Kier molecular flexibility index (Phi) is 7.14. The van der Waals surface area contributed by atoms with E-state index in [-0.39, 0.29) is 17.7 Å². The summed E-state index contributed by atoms with van der Waals surface area (Å²) in [5, 5.41) is 5.56. The van der Waals surface area contributed by atoms with Crippen molar-refractivity contribution >= 4 is 23.4 Å². The zero-order valence-electron chi connectivity index (χ0n) is 19.1. The van der Waals surface area contributed by atoms with Gasteiger partial charge in [0.15, 0.2) is 0 Å². The summed E-state index contributed by atoms with van der Waals surface area (Å²) in [6.07, 6.45) is 3.42. The third kappa shape index (κ3) is 5.45. The third-order valence-corrected chi connectivity index (χ3v) is 6.62. The molecule has 0 aliphatic carbocycles. The van der Waals surface area contributed by atoms with Crippen molar-refractivity contribution in [3.63, 3.8) is 0 Å². The number of piperidine rings is 1. The van der Waals surface area contributed by atoms with E-state index < -0.39 is 0 Å². The predicted octanol–water partition coefficient (Wildman–Crippen LogP) is 4.47. The Hall–Kier alpha value is -3.12. The average Bonchev–Trinajstić information content (AvgIpc) is 3.22. The van der Waals surface area contributed by atoms with Gasteiger partial charge in [0.1, 0.15) is 0 Å². The quantitative estimate of drug-likeness (QED) is 0.540. The lowest BCUT2D eigenvalue weighted by Crippen LogP contribution is -2.42. The van der Waals surface area contributed by atoms with E-state index in [2.05, 4.69) is 0 Å². The SMILES string of the molecule is CC(=O)N1CCC(C(=O)N(C)Cc2cn(Cc3ccccc3Cl)nc2-c2ccccc2)CC1. The normalized spacial score (nSPS) is 14.3. The van der Waals surface area contributed by atoms with Crippen molar-refractivity contribution in [1.82, 2.24) is 19.6 Å². The molecule has 2 amide bonds. The zero-order valence-corrected chi connectivity index (χ0v) is 19.8. The first-order chi connectivity index (χ1) is 15.9. The van der Waals surface area contributed by atoms with E-state index in [0.29, 0.717) is 44.0 Å². The lowest BCUT2D eigenvalue weighted by molar-refractivity contribution is -0.139. The van der Waals surface area contributed by atoms with E-state index in [1.54, 1.807) is 11.8 Å². The minimum Gasteiger partial charge on any atom is -0.343 e. The fraction of sp³-hybridized carbons (Fsp3) is 0.346. The fourth-order valence-electron chi connectivity index (χ4n) is 4.39. The highest BCUT2D eigenvalue weighted by Crippen LogP contribution is 2.26. The molecule has 1 saturated heterocycles. The van der Waals surface area contributed by atoms with Crippen LogP contribution in [0.5, 0.6) is 0 Å². The van der Waals surface area contributed by atoms with Gasteiger partial charge in [-0.05, 0) is 24.5 Å². The van der Waals surface area contributed by atoms with E-state index in [4.69, 9.17) is 16.7 Å². The topological polar surface area (TPSA) is 58.4 Å². The maximum atomic E-state index is 13.1. The van der Waals surface area contributed by atoms with Gasteiger partial charge in [0.2, 0.25) is 11.8 Å². The molecular formula is C26H29ClN4O2. The van der Waals surface area contributed by atoms with Gasteiger partial charge < -0.3 is 9.80 Å². The Morgan fingerprint density at radius 1 is 1.03 bits per heavy atom. The number of carbonyl (C=O) groups excluding carboxylic acids is 2. The molecule has 0 spiro atoms. The molecular weight excluding hydrogens is 436 g/mol. The van der Waals surface area contributed by atoms with Crippen LogP contribution in [0.15, 0.2) is 60.8 Å². The van der Waals surface area contributed by atoms with E-state index >= 15 is 0 Å². The number of nitrogens with zero attached hydrogens (tertiary/aromatic N) is 4. The summed E-state index contributed by atoms with van der Waals surface area (Å²) in [5.74, 6) is 0.146. The van der Waals surface area contributed by atoms with E-state index in [1.165, 1.54) is 0 Å². The maximum absolute atomic E-state index is 13.1. The lowest BCUT2D eigenvalue weighted by atomic mass is 9.95. The summed E-state index contributed by atoms with van der Waals surface area (Å²) < 4.78 is 1.89. The van der Waals surface area contributed by atoms with Crippen LogP contribution in [0.4, 0.5) is 0 Å². The Morgan fingerprint density at radius 3 is 2.36 bits per heavy atom. The first-order valence-electron chi connectivity index (χ1n) is 11.3. The van der Waals surface area contributed by atoms with Crippen molar-refractivity contribution in [2.45, 2.75) is 32.9 Å². The van der Waals surface area contributed by atoms with Gasteiger partial charge in [0.25, 0.3) is 0 Å². The number of halogens is 1. The molecule has 2 heterocycles. The molecule has 2 aromatic carbocycles. The van der Waals surface area contributed by atoms with Gasteiger partial charge >= 0.3 is 0 Å². The summed E-state index contributed by atoms with van der Waals surface area (Å²) in [6, 6.07) is 17.8. The lowest BCUT2D eigenvalue weighted by Gasteiger charge is -2.32. The fourth-order valence-corrected chi connectivity index (χ4v) is 4.58. The summed E-state index contributed by atoms with van der Waals surface area (Å²) in [6.45, 7) is 3.90. The van der Waals surface area contributed by atoms with Gasteiger partial charge in [-0.3, -0.25) is 14.3 Å². The van der Waals surface area contributed by atoms with E-state index in [1.807, 2.05) is 77.4 Å². The molecule has 1 fully saturated rings.